The molecule has 1 heterocycles. The molecule has 0 aromatic rings. The first-order valence-electron chi connectivity index (χ1n) is 2.21. The average Bonchev–Trinajstić information content (AvgIpc) is 1.83. The van der Waals surface area contributed by atoms with Gasteiger partial charge in [-0.15, -0.1) is 23.2 Å². The second kappa shape index (κ2) is 2.68. The molecule has 8 heavy (non-hydrogen) atoms. The largest absolute Gasteiger partial charge is 0.172 e. The van der Waals surface area contributed by atoms with Crippen LogP contribution >= 0.6 is 45.4 Å². The lowest BCUT2D eigenvalue weighted by Gasteiger charge is -2.34. The summed E-state index contributed by atoms with van der Waals surface area (Å²) in [4.78, 5) is 0. The maximum Gasteiger partial charge on any atom is 0.172 e. The Hall–Kier alpha value is 1.59. The van der Waals surface area contributed by atoms with Gasteiger partial charge in [0.15, 0.2) is 16.2 Å². The highest BCUT2D eigenvalue weighted by Crippen LogP contribution is 2.33. The molecular formula is C2H4Cl4Si2. The van der Waals surface area contributed by atoms with Crippen molar-refractivity contribution in [1.82, 2.24) is 0 Å². The molecule has 0 saturated carbocycles. The molecule has 0 atom stereocenters. The van der Waals surface area contributed by atoms with Crippen molar-refractivity contribution in [1.29, 1.82) is 0 Å². The summed E-state index contributed by atoms with van der Waals surface area (Å²) in [6.07, 6.45) is 0. The Morgan fingerprint density at radius 2 is 1.12 bits per heavy atom. The Morgan fingerprint density at radius 3 is 1.25 bits per heavy atom. The van der Waals surface area contributed by atoms with Gasteiger partial charge in [-0.3, -0.25) is 0 Å². The molecular weight excluding hydrogens is 222 g/mol. The van der Waals surface area contributed by atoms with Crippen LogP contribution in [0.15, 0.2) is 0 Å². The zero-order chi connectivity index (χ0) is 6.31. The molecule has 48 valence electrons. The van der Waals surface area contributed by atoms with Crippen LogP contribution in [0.4, 0.5) is 0 Å². The minimum absolute atomic E-state index is 0.126. The van der Waals surface area contributed by atoms with Gasteiger partial charge in [-0.25, -0.2) is 0 Å². The van der Waals surface area contributed by atoms with Gasteiger partial charge in [0.2, 0.25) is 0 Å². The van der Waals surface area contributed by atoms with Gasteiger partial charge in [0.25, 0.3) is 0 Å². The van der Waals surface area contributed by atoms with E-state index in [-0.39, 0.29) is 9.25 Å². The molecule has 0 amide bonds. The molecule has 0 aromatic heterocycles. The molecule has 0 aromatic carbocycles. The zero-order valence-electron chi connectivity index (χ0n) is 3.82. The monoisotopic (exact) mass is 224 g/mol. The molecule has 0 bridgehead atoms. The second-order valence-electron chi connectivity index (χ2n) is 1.78. The van der Waals surface area contributed by atoms with E-state index in [1.54, 1.807) is 0 Å². The van der Waals surface area contributed by atoms with Crippen LogP contribution in [0.3, 0.4) is 0 Å². The van der Waals surface area contributed by atoms with Crippen LogP contribution in [0.1, 0.15) is 0 Å². The van der Waals surface area contributed by atoms with E-state index in [1.165, 1.54) is 0 Å². The van der Waals surface area contributed by atoms with Crippen LogP contribution in [0.25, 0.3) is 0 Å². The van der Waals surface area contributed by atoms with Crippen LogP contribution in [-0.4, -0.2) is 25.5 Å². The van der Waals surface area contributed by atoms with Crippen LogP contribution in [0, 0.1) is 0 Å². The van der Waals surface area contributed by atoms with Gasteiger partial charge in [0, 0.05) is 9.25 Å². The molecule has 0 unspecified atom stereocenters. The third-order valence-electron chi connectivity index (χ3n) is 1.22. The fraction of sp³-hybridized carbons (Fsp3) is 1.00. The molecule has 0 nitrogen and oxygen atoms in total. The molecule has 1 aliphatic rings. The first-order valence-corrected chi connectivity index (χ1v) is 9.24. The summed E-state index contributed by atoms with van der Waals surface area (Å²) in [5.74, 6) is 0. The smallest absolute Gasteiger partial charge is 0.169 e. The summed E-state index contributed by atoms with van der Waals surface area (Å²) in [5.41, 5.74) is 0. The zero-order valence-corrected chi connectivity index (χ0v) is 9.15. The predicted octanol–water partition coefficient (Wildman–Crippen LogP) is 1.30. The summed E-state index contributed by atoms with van der Waals surface area (Å²) in [6, 6.07) is 0. The van der Waals surface area contributed by atoms with E-state index < -0.39 is 16.2 Å². The predicted molar refractivity (Wildman–Crippen MR) is 45.3 cm³/mol. The second-order valence-corrected chi connectivity index (χ2v) is 13.7. The number of hydrogen-bond acceptors (Lipinski definition) is 0. The van der Waals surface area contributed by atoms with E-state index in [0.717, 1.165) is 0 Å². The molecule has 1 aliphatic heterocycles. The fourth-order valence-electron chi connectivity index (χ4n) is 0.557. The van der Waals surface area contributed by atoms with E-state index in [1.807, 2.05) is 0 Å². The van der Waals surface area contributed by atoms with Crippen LogP contribution < -0.4 is 0 Å². The van der Waals surface area contributed by atoms with Crippen molar-refractivity contribution in [2.24, 2.45) is 0 Å². The molecule has 1 saturated heterocycles. The Kier molecular flexibility index (Phi) is 2.58. The Bertz CT molecular complexity index is 66.0. The van der Waals surface area contributed by atoms with E-state index in [0.29, 0.717) is 0 Å². The Morgan fingerprint density at radius 1 is 0.875 bits per heavy atom. The maximum absolute atomic E-state index is 5.77. The summed E-state index contributed by atoms with van der Waals surface area (Å²) in [5, 5.41) is 0. The highest BCUT2D eigenvalue weighted by Gasteiger charge is 2.49. The number of rotatable bonds is 0. The normalized spacial score (nSPS) is 55.5. The lowest BCUT2D eigenvalue weighted by Crippen LogP contribution is -2.60. The van der Waals surface area contributed by atoms with E-state index in [2.05, 4.69) is 0 Å². The highest BCUT2D eigenvalue weighted by atomic mass is 35.6. The van der Waals surface area contributed by atoms with Crippen LogP contribution in [0.2, 0.25) is 0 Å². The van der Waals surface area contributed by atoms with Crippen molar-refractivity contribution in [3.05, 3.63) is 0 Å². The van der Waals surface area contributed by atoms with E-state index in [4.69, 9.17) is 45.4 Å². The van der Waals surface area contributed by atoms with E-state index in [9.17, 15) is 0 Å². The summed E-state index contributed by atoms with van der Waals surface area (Å²) in [6.45, 7) is 0. The minimum atomic E-state index is -1.28. The van der Waals surface area contributed by atoms with Crippen molar-refractivity contribution in [2.75, 3.05) is 0 Å². The van der Waals surface area contributed by atoms with Crippen LogP contribution in [-0.2, 0) is 0 Å². The standard InChI is InChI=1S/C2H4Cl4Si2/c3-1-7(5)2(4)8(1)6/h1-2,7-8H. The first-order chi connectivity index (χ1) is 3.64. The first kappa shape index (κ1) is 7.70. The van der Waals surface area contributed by atoms with Gasteiger partial charge in [0.1, 0.15) is 0 Å². The summed E-state index contributed by atoms with van der Waals surface area (Å²) < 4.78 is 0.252. The van der Waals surface area contributed by atoms with Gasteiger partial charge in [0.05, 0.1) is 0 Å². The summed E-state index contributed by atoms with van der Waals surface area (Å²) >= 11 is 23.0. The molecule has 0 spiro atoms. The Labute approximate surface area is 70.7 Å². The lowest BCUT2D eigenvalue weighted by molar-refractivity contribution is 1.51. The van der Waals surface area contributed by atoms with Crippen molar-refractivity contribution >= 4 is 61.6 Å². The van der Waals surface area contributed by atoms with Crippen molar-refractivity contribution < 1.29 is 0 Å². The Balaban J connectivity index is 2.42. The van der Waals surface area contributed by atoms with Crippen molar-refractivity contribution in [2.45, 2.75) is 9.25 Å². The average molecular weight is 226 g/mol. The van der Waals surface area contributed by atoms with E-state index >= 15 is 0 Å². The van der Waals surface area contributed by atoms with Gasteiger partial charge in [-0.1, -0.05) is 0 Å². The lowest BCUT2D eigenvalue weighted by atomic mass is 11.7. The minimum Gasteiger partial charge on any atom is -0.169 e. The molecule has 6 heteroatoms. The van der Waals surface area contributed by atoms with Gasteiger partial charge < -0.3 is 0 Å². The molecule has 1 fully saturated rings. The van der Waals surface area contributed by atoms with Crippen molar-refractivity contribution in [3.63, 3.8) is 0 Å². The van der Waals surface area contributed by atoms with Gasteiger partial charge in [-0.05, 0) is 0 Å². The quantitative estimate of drug-likeness (QED) is 0.331. The molecule has 1 rings (SSSR count). The molecule has 0 aliphatic carbocycles. The molecule has 0 N–H and O–H groups in total. The fourth-order valence-corrected chi connectivity index (χ4v) is 16.0. The third kappa shape index (κ3) is 1.07. The van der Waals surface area contributed by atoms with Crippen LogP contribution in [0.5, 0.6) is 0 Å². The summed E-state index contributed by atoms with van der Waals surface area (Å²) in [7, 11) is -2.56. The van der Waals surface area contributed by atoms with Gasteiger partial charge >= 0.3 is 0 Å². The molecule has 0 radical (unpaired) electrons. The van der Waals surface area contributed by atoms with Gasteiger partial charge in [-0.2, -0.15) is 22.2 Å². The van der Waals surface area contributed by atoms with Crippen molar-refractivity contribution in [3.8, 4) is 0 Å². The number of hydrogen-bond donors (Lipinski definition) is 0. The SMILES string of the molecule is ClC1[SiH](Cl)C(Cl)[SiH]1Cl. The maximum atomic E-state index is 5.77. The number of halogens is 4. The number of alkyl halides is 2. The topological polar surface area (TPSA) is 0 Å². The third-order valence-corrected chi connectivity index (χ3v) is 19.6. The highest BCUT2D eigenvalue weighted by molar-refractivity contribution is 7.40.